The zero-order valence-corrected chi connectivity index (χ0v) is 11.2. The predicted molar refractivity (Wildman–Crippen MR) is 69.2 cm³/mol. The topological polar surface area (TPSA) is 51.2 Å². The van der Waals surface area contributed by atoms with Crippen molar-refractivity contribution in [2.75, 3.05) is 13.2 Å². The summed E-state index contributed by atoms with van der Waals surface area (Å²) in [5, 5.41) is 2.84. The van der Waals surface area contributed by atoms with Crippen LogP contribution >= 0.6 is 0 Å². The normalized spacial score (nSPS) is 22.7. The molecule has 0 saturated carbocycles. The number of amides is 1. The Morgan fingerprint density at radius 3 is 3.00 bits per heavy atom. The lowest BCUT2D eigenvalue weighted by Gasteiger charge is -2.22. The van der Waals surface area contributed by atoms with Crippen LogP contribution in [0, 0.1) is 17.7 Å². The molecule has 1 N–H and O–H groups in total. The van der Waals surface area contributed by atoms with Crippen LogP contribution in [-0.2, 0) is 4.74 Å². The average molecular weight is 266 g/mol. The zero-order chi connectivity index (χ0) is 13.8. The van der Waals surface area contributed by atoms with E-state index in [1.807, 2.05) is 0 Å². The van der Waals surface area contributed by atoms with E-state index >= 15 is 0 Å². The first kappa shape index (κ1) is 13.9. The van der Waals surface area contributed by atoms with Crippen LogP contribution < -0.4 is 5.32 Å². The van der Waals surface area contributed by atoms with E-state index in [1.54, 1.807) is 0 Å². The van der Waals surface area contributed by atoms with Crippen LogP contribution in [0.15, 0.2) is 18.3 Å². The summed E-state index contributed by atoms with van der Waals surface area (Å²) in [6.07, 6.45) is 2.20. The lowest BCUT2D eigenvalue weighted by Crippen LogP contribution is -2.35. The second kappa shape index (κ2) is 6.10. The smallest absolute Gasteiger partial charge is 0.269 e. The molecule has 2 rings (SSSR count). The number of pyridine rings is 1. The maximum absolute atomic E-state index is 12.7. The van der Waals surface area contributed by atoms with Crippen LogP contribution in [0.1, 0.15) is 30.8 Å². The fourth-order valence-corrected chi connectivity index (χ4v) is 2.44. The Labute approximate surface area is 112 Å². The molecule has 0 radical (unpaired) electrons. The Bertz CT molecular complexity index is 434. The number of aromatic nitrogens is 1. The van der Waals surface area contributed by atoms with Crippen LogP contribution in [0.3, 0.4) is 0 Å². The van der Waals surface area contributed by atoms with Gasteiger partial charge in [0.05, 0.1) is 12.3 Å². The summed E-state index contributed by atoms with van der Waals surface area (Å²) in [7, 11) is 0. The highest BCUT2D eigenvalue weighted by atomic mass is 19.1. The fraction of sp³-hybridized carbons (Fsp3) is 0.571. The molecule has 0 aliphatic carbocycles. The summed E-state index contributed by atoms with van der Waals surface area (Å²) in [6, 6.07) is 2.62. The lowest BCUT2D eigenvalue weighted by atomic mass is 9.93. The SMILES string of the molecule is CC(C)[C@H]1OCC[C@@H]1CNC(=O)c1ccc(F)cn1. The van der Waals surface area contributed by atoms with E-state index in [-0.39, 0.29) is 17.7 Å². The van der Waals surface area contributed by atoms with Gasteiger partial charge in [0, 0.05) is 19.1 Å². The molecule has 4 nitrogen and oxygen atoms in total. The Balaban J connectivity index is 1.88. The maximum Gasteiger partial charge on any atom is 0.269 e. The molecule has 2 atom stereocenters. The van der Waals surface area contributed by atoms with Gasteiger partial charge in [0.2, 0.25) is 0 Å². The minimum atomic E-state index is -0.444. The molecule has 1 aromatic rings. The van der Waals surface area contributed by atoms with Gasteiger partial charge >= 0.3 is 0 Å². The van der Waals surface area contributed by atoms with Gasteiger partial charge in [-0.1, -0.05) is 13.8 Å². The molecule has 0 unspecified atom stereocenters. The lowest BCUT2D eigenvalue weighted by molar-refractivity contribution is 0.0533. The van der Waals surface area contributed by atoms with Crippen molar-refractivity contribution in [3.63, 3.8) is 0 Å². The van der Waals surface area contributed by atoms with Crippen LogP contribution in [0.4, 0.5) is 4.39 Å². The van der Waals surface area contributed by atoms with Crippen LogP contribution in [-0.4, -0.2) is 30.1 Å². The number of carbonyl (C=O) groups excluding carboxylic acids is 1. The summed E-state index contributed by atoms with van der Waals surface area (Å²) in [5.41, 5.74) is 0.237. The van der Waals surface area contributed by atoms with Crippen molar-refractivity contribution in [2.24, 2.45) is 11.8 Å². The van der Waals surface area contributed by atoms with E-state index in [0.29, 0.717) is 18.4 Å². The monoisotopic (exact) mass is 266 g/mol. The Morgan fingerprint density at radius 2 is 2.37 bits per heavy atom. The first-order valence-corrected chi connectivity index (χ1v) is 6.59. The van der Waals surface area contributed by atoms with Gasteiger partial charge in [0.25, 0.3) is 5.91 Å². The van der Waals surface area contributed by atoms with E-state index in [4.69, 9.17) is 4.74 Å². The molecule has 5 heteroatoms. The minimum absolute atomic E-state index is 0.196. The van der Waals surface area contributed by atoms with Crippen molar-refractivity contribution >= 4 is 5.91 Å². The van der Waals surface area contributed by atoms with E-state index in [9.17, 15) is 9.18 Å². The molecule has 1 amide bonds. The number of hydrogen-bond acceptors (Lipinski definition) is 3. The number of ether oxygens (including phenoxy) is 1. The third-order valence-corrected chi connectivity index (χ3v) is 3.41. The van der Waals surface area contributed by atoms with Gasteiger partial charge in [-0.3, -0.25) is 4.79 Å². The van der Waals surface area contributed by atoms with E-state index in [2.05, 4.69) is 24.1 Å². The number of carbonyl (C=O) groups is 1. The van der Waals surface area contributed by atoms with Gasteiger partial charge in [0.15, 0.2) is 0 Å². The first-order chi connectivity index (χ1) is 9.08. The third kappa shape index (κ3) is 3.50. The molecule has 0 bridgehead atoms. The van der Waals surface area contributed by atoms with Gasteiger partial charge < -0.3 is 10.1 Å². The minimum Gasteiger partial charge on any atom is -0.378 e. The molecule has 0 aromatic carbocycles. The molecule has 104 valence electrons. The molecule has 1 aliphatic rings. The van der Waals surface area contributed by atoms with Gasteiger partial charge in [-0.05, 0) is 24.5 Å². The second-order valence-electron chi connectivity index (χ2n) is 5.20. The zero-order valence-electron chi connectivity index (χ0n) is 11.2. The highest BCUT2D eigenvalue weighted by Crippen LogP contribution is 2.26. The molecular weight excluding hydrogens is 247 g/mol. The quantitative estimate of drug-likeness (QED) is 0.907. The van der Waals surface area contributed by atoms with Crippen LogP contribution in [0.25, 0.3) is 0 Å². The van der Waals surface area contributed by atoms with Crippen molar-refractivity contribution in [1.82, 2.24) is 10.3 Å². The van der Waals surface area contributed by atoms with Crippen LogP contribution in [0.2, 0.25) is 0 Å². The average Bonchev–Trinajstić information content (AvgIpc) is 2.85. The molecule has 1 aliphatic heterocycles. The summed E-state index contributed by atoms with van der Waals surface area (Å²) >= 11 is 0. The van der Waals surface area contributed by atoms with Gasteiger partial charge in [-0.2, -0.15) is 0 Å². The molecule has 0 spiro atoms. The molecule has 1 aromatic heterocycles. The standard InChI is InChI=1S/C14H19FN2O2/c1-9(2)13-10(5-6-19-13)7-17-14(18)12-4-3-11(15)8-16-12/h3-4,8-10,13H,5-7H2,1-2H3,(H,17,18)/t10-,13-/m1/s1. The molecule has 19 heavy (non-hydrogen) atoms. The molecule has 1 saturated heterocycles. The first-order valence-electron chi connectivity index (χ1n) is 6.59. The Hall–Kier alpha value is -1.49. The van der Waals surface area contributed by atoms with E-state index in [0.717, 1.165) is 19.2 Å². The van der Waals surface area contributed by atoms with Crippen molar-refractivity contribution in [1.29, 1.82) is 0 Å². The van der Waals surface area contributed by atoms with Crippen molar-refractivity contribution < 1.29 is 13.9 Å². The van der Waals surface area contributed by atoms with Crippen molar-refractivity contribution in [3.05, 3.63) is 29.8 Å². The summed E-state index contributed by atoms with van der Waals surface area (Å²) in [6.45, 7) is 5.55. The number of nitrogens with zero attached hydrogens (tertiary/aromatic N) is 1. The highest BCUT2D eigenvalue weighted by Gasteiger charge is 2.30. The van der Waals surface area contributed by atoms with Gasteiger partial charge in [-0.25, -0.2) is 9.37 Å². The summed E-state index contributed by atoms with van der Waals surface area (Å²) in [4.78, 5) is 15.6. The maximum atomic E-state index is 12.7. The van der Waals surface area contributed by atoms with Crippen molar-refractivity contribution in [2.45, 2.75) is 26.4 Å². The third-order valence-electron chi connectivity index (χ3n) is 3.41. The molecule has 2 heterocycles. The van der Waals surface area contributed by atoms with Gasteiger partial charge in [-0.15, -0.1) is 0 Å². The number of hydrogen-bond donors (Lipinski definition) is 1. The largest absolute Gasteiger partial charge is 0.378 e. The fourth-order valence-electron chi connectivity index (χ4n) is 2.44. The Kier molecular flexibility index (Phi) is 4.47. The number of halogens is 1. The molecule has 1 fully saturated rings. The summed E-state index contributed by atoms with van der Waals surface area (Å²) in [5.74, 6) is 0.0627. The molecular formula is C14H19FN2O2. The van der Waals surface area contributed by atoms with Crippen molar-refractivity contribution in [3.8, 4) is 0 Å². The van der Waals surface area contributed by atoms with Gasteiger partial charge in [0.1, 0.15) is 11.5 Å². The highest BCUT2D eigenvalue weighted by molar-refractivity contribution is 5.92. The van der Waals surface area contributed by atoms with E-state index < -0.39 is 5.82 Å². The number of nitrogens with one attached hydrogen (secondary N) is 1. The van der Waals surface area contributed by atoms with Crippen LogP contribution in [0.5, 0.6) is 0 Å². The second-order valence-corrected chi connectivity index (χ2v) is 5.20. The predicted octanol–water partition coefficient (Wildman–Crippen LogP) is 2.01. The van der Waals surface area contributed by atoms with E-state index in [1.165, 1.54) is 12.1 Å². The summed E-state index contributed by atoms with van der Waals surface area (Å²) < 4.78 is 18.4. The Morgan fingerprint density at radius 1 is 1.58 bits per heavy atom. The number of rotatable bonds is 4.